The molecule has 0 amide bonds. The Labute approximate surface area is 170 Å². The van der Waals surface area contributed by atoms with Crippen molar-refractivity contribution in [2.24, 2.45) is 0 Å². The number of rotatable bonds is 5. The minimum Gasteiger partial charge on any atom is -0.493 e. The van der Waals surface area contributed by atoms with Crippen molar-refractivity contribution in [3.63, 3.8) is 0 Å². The molecule has 4 rings (SSSR count). The second-order valence-corrected chi connectivity index (χ2v) is 6.92. The van der Waals surface area contributed by atoms with E-state index >= 15 is 0 Å². The smallest absolute Gasteiger partial charge is 0.266 e. The molecule has 29 heavy (non-hydrogen) atoms. The Morgan fingerprint density at radius 3 is 2.31 bits per heavy atom. The second-order valence-electron chi connectivity index (χ2n) is 6.14. The third-order valence-corrected chi connectivity index (χ3v) is 5.15. The number of fused-ring (bicyclic) bond motifs is 3. The number of aromatic nitrogens is 5. The van der Waals surface area contributed by atoms with E-state index < -0.39 is 0 Å². The fourth-order valence-corrected chi connectivity index (χ4v) is 3.60. The lowest BCUT2D eigenvalue weighted by Crippen LogP contribution is -2.20. The maximum atomic E-state index is 13.4. The summed E-state index contributed by atoms with van der Waals surface area (Å²) in [5.41, 5.74) is 1.58. The molecular weight excluding hydrogens is 394 g/mol. The first-order valence-corrected chi connectivity index (χ1v) is 9.88. The van der Waals surface area contributed by atoms with Crippen LogP contribution in [0.1, 0.15) is 5.69 Å². The van der Waals surface area contributed by atoms with Gasteiger partial charge in [-0.2, -0.15) is 9.50 Å². The monoisotopic (exact) mass is 413 g/mol. The fraction of sp³-hybridized carbons (Fsp3) is 0.263. The summed E-state index contributed by atoms with van der Waals surface area (Å²) in [6, 6.07) is 5.26. The Morgan fingerprint density at radius 1 is 1.03 bits per heavy atom. The summed E-state index contributed by atoms with van der Waals surface area (Å²) >= 11 is 1.42. The zero-order chi connectivity index (χ0) is 20.7. The van der Waals surface area contributed by atoms with Gasteiger partial charge in [0.15, 0.2) is 11.5 Å². The summed E-state index contributed by atoms with van der Waals surface area (Å²) in [5.74, 6) is 1.84. The average Bonchev–Trinajstić information content (AvgIpc) is 3.15. The summed E-state index contributed by atoms with van der Waals surface area (Å²) < 4.78 is 19.3. The van der Waals surface area contributed by atoms with Crippen LogP contribution < -0.4 is 19.8 Å². The predicted octanol–water partition coefficient (Wildman–Crippen LogP) is 2.48. The van der Waals surface area contributed by atoms with Crippen LogP contribution in [0.4, 0.5) is 0 Å². The lowest BCUT2D eigenvalue weighted by molar-refractivity contribution is 0.324. The minimum atomic E-state index is -0.232. The zero-order valence-electron chi connectivity index (χ0n) is 16.6. The van der Waals surface area contributed by atoms with Crippen molar-refractivity contribution in [1.29, 1.82) is 0 Å². The molecule has 9 nitrogen and oxygen atoms in total. The molecule has 0 radical (unpaired) electrons. The number of methoxy groups -OCH3 is 3. The molecule has 0 N–H and O–H groups in total. The highest BCUT2D eigenvalue weighted by Crippen LogP contribution is 2.39. The van der Waals surface area contributed by atoms with Crippen molar-refractivity contribution in [2.45, 2.75) is 12.1 Å². The first-order valence-electron chi connectivity index (χ1n) is 8.65. The third-order valence-electron chi connectivity index (χ3n) is 4.61. The Hall–Kier alpha value is -3.27. The van der Waals surface area contributed by atoms with Gasteiger partial charge in [0.2, 0.25) is 10.9 Å². The van der Waals surface area contributed by atoms with E-state index in [1.54, 1.807) is 29.8 Å². The Balaban J connectivity index is 2.01. The van der Waals surface area contributed by atoms with Gasteiger partial charge in [0.25, 0.3) is 11.3 Å². The fourth-order valence-electron chi connectivity index (χ4n) is 3.26. The van der Waals surface area contributed by atoms with Crippen LogP contribution in [0.5, 0.6) is 17.2 Å². The molecule has 10 heteroatoms. The van der Waals surface area contributed by atoms with E-state index in [0.717, 1.165) is 0 Å². The van der Waals surface area contributed by atoms with Gasteiger partial charge in [0.05, 0.1) is 43.6 Å². The van der Waals surface area contributed by atoms with Gasteiger partial charge < -0.3 is 14.2 Å². The molecule has 0 aliphatic carbocycles. The maximum Gasteiger partial charge on any atom is 0.266 e. The summed E-state index contributed by atoms with van der Waals surface area (Å²) in [6.45, 7) is 1.79. The molecular formula is C19H19N5O4S. The number of hydrogen-bond donors (Lipinski definition) is 0. The predicted molar refractivity (Wildman–Crippen MR) is 110 cm³/mol. The maximum absolute atomic E-state index is 13.4. The SMILES string of the molecule is COc1cc(-n2ccc3c(c(C)nc4nc(SC)nn43)c2=O)cc(OC)c1OC. The first kappa shape index (κ1) is 19.1. The number of nitrogens with zero attached hydrogens (tertiary/aromatic N) is 5. The van der Waals surface area contributed by atoms with E-state index in [1.165, 1.54) is 37.7 Å². The summed E-state index contributed by atoms with van der Waals surface area (Å²) in [6.07, 6.45) is 3.58. The molecule has 4 aromatic rings. The number of thioether (sulfide) groups is 1. The van der Waals surface area contributed by atoms with Gasteiger partial charge >= 0.3 is 0 Å². The number of hydrogen-bond acceptors (Lipinski definition) is 8. The van der Waals surface area contributed by atoms with Gasteiger partial charge in [0.1, 0.15) is 0 Å². The first-order chi connectivity index (χ1) is 14.0. The van der Waals surface area contributed by atoms with Gasteiger partial charge in [-0.15, -0.1) is 5.10 Å². The van der Waals surface area contributed by atoms with Crippen molar-refractivity contribution in [2.75, 3.05) is 27.6 Å². The topological polar surface area (TPSA) is 92.8 Å². The summed E-state index contributed by atoms with van der Waals surface area (Å²) in [7, 11) is 4.59. The van der Waals surface area contributed by atoms with E-state index in [-0.39, 0.29) is 5.56 Å². The number of ether oxygens (including phenoxy) is 3. The Morgan fingerprint density at radius 2 is 1.72 bits per heavy atom. The lowest BCUT2D eigenvalue weighted by Gasteiger charge is -2.15. The van der Waals surface area contributed by atoms with Gasteiger partial charge in [-0.25, -0.2) is 4.98 Å². The second kappa shape index (κ2) is 7.28. The van der Waals surface area contributed by atoms with Crippen LogP contribution in [0.2, 0.25) is 0 Å². The van der Waals surface area contributed by atoms with Crippen LogP contribution in [-0.4, -0.2) is 51.7 Å². The van der Waals surface area contributed by atoms with Crippen molar-refractivity contribution in [1.82, 2.24) is 24.1 Å². The van der Waals surface area contributed by atoms with E-state index in [2.05, 4.69) is 15.1 Å². The molecule has 0 atom stereocenters. The van der Waals surface area contributed by atoms with Crippen molar-refractivity contribution in [3.05, 3.63) is 40.4 Å². The molecule has 0 fully saturated rings. The van der Waals surface area contributed by atoms with Gasteiger partial charge in [-0.1, -0.05) is 11.8 Å². The van der Waals surface area contributed by atoms with Gasteiger partial charge in [-0.05, 0) is 19.2 Å². The van der Waals surface area contributed by atoms with Gasteiger partial charge in [-0.3, -0.25) is 9.36 Å². The molecule has 0 aliphatic heterocycles. The molecule has 0 unspecified atom stereocenters. The summed E-state index contributed by atoms with van der Waals surface area (Å²) in [4.78, 5) is 22.2. The summed E-state index contributed by atoms with van der Waals surface area (Å²) in [5, 5.41) is 5.48. The van der Waals surface area contributed by atoms with Gasteiger partial charge in [0, 0.05) is 18.3 Å². The van der Waals surface area contributed by atoms with Crippen molar-refractivity contribution < 1.29 is 14.2 Å². The highest BCUT2D eigenvalue weighted by atomic mass is 32.2. The molecule has 0 bridgehead atoms. The highest BCUT2D eigenvalue weighted by Gasteiger charge is 2.18. The van der Waals surface area contributed by atoms with Crippen LogP contribution in [0.3, 0.4) is 0 Å². The van der Waals surface area contributed by atoms with Crippen molar-refractivity contribution >= 4 is 28.4 Å². The van der Waals surface area contributed by atoms with E-state index in [9.17, 15) is 4.79 Å². The molecule has 3 heterocycles. The van der Waals surface area contributed by atoms with Crippen LogP contribution in [-0.2, 0) is 0 Å². The standard InChI is InChI=1S/C19H19N5O4S/c1-10-15-12(24-18(20-10)21-19(22-24)29-5)6-7-23(17(15)25)11-8-13(26-2)16(28-4)14(9-11)27-3/h6-9H,1-5H3. The average molecular weight is 413 g/mol. The zero-order valence-corrected chi connectivity index (χ0v) is 17.4. The molecule has 3 aromatic heterocycles. The minimum absolute atomic E-state index is 0.232. The molecule has 0 saturated heterocycles. The Bertz CT molecular complexity index is 1270. The number of aryl methyl sites for hydroxylation is 1. The molecule has 1 aromatic carbocycles. The van der Waals surface area contributed by atoms with Crippen LogP contribution in [0, 0.1) is 6.92 Å². The lowest BCUT2D eigenvalue weighted by atomic mass is 10.2. The van der Waals surface area contributed by atoms with E-state index in [0.29, 0.717) is 50.5 Å². The number of pyridine rings is 1. The van der Waals surface area contributed by atoms with Crippen LogP contribution >= 0.6 is 11.8 Å². The number of benzene rings is 1. The van der Waals surface area contributed by atoms with Crippen LogP contribution in [0.15, 0.2) is 34.3 Å². The molecule has 0 spiro atoms. The van der Waals surface area contributed by atoms with E-state index in [4.69, 9.17) is 14.2 Å². The third kappa shape index (κ3) is 2.96. The van der Waals surface area contributed by atoms with E-state index in [1.807, 2.05) is 12.3 Å². The largest absolute Gasteiger partial charge is 0.493 e. The molecule has 150 valence electrons. The quantitative estimate of drug-likeness (QED) is 0.461. The van der Waals surface area contributed by atoms with Crippen LogP contribution in [0.25, 0.3) is 22.4 Å². The molecule has 0 aliphatic rings. The van der Waals surface area contributed by atoms with Crippen molar-refractivity contribution in [3.8, 4) is 22.9 Å². The highest BCUT2D eigenvalue weighted by molar-refractivity contribution is 7.98. The normalized spacial score (nSPS) is 11.2. The Kier molecular flexibility index (Phi) is 4.79. The molecule has 0 saturated carbocycles.